The Morgan fingerprint density at radius 1 is 1.36 bits per heavy atom. The third kappa shape index (κ3) is 3.64. The Labute approximate surface area is 130 Å². The van der Waals surface area contributed by atoms with Crippen LogP contribution in [0, 0.1) is 10.1 Å². The molecule has 0 aromatic heterocycles. The van der Waals surface area contributed by atoms with Crippen LogP contribution in [0.3, 0.4) is 0 Å². The zero-order chi connectivity index (χ0) is 16.1. The lowest BCUT2D eigenvalue weighted by atomic mass is 10.2. The Morgan fingerprint density at radius 3 is 2.82 bits per heavy atom. The minimum absolute atomic E-state index is 0.0121. The van der Waals surface area contributed by atoms with E-state index in [1.54, 1.807) is 12.1 Å². The fraction of sp³-hybridized carbons (Fsp3) is 0.0714. The molecule has 0 atom stereocenters. The van der Waals surface area contributed by atoms with E-state index in [-0.39, 0.29) is 17.1 Å². The lowest BCUT2D eigenvalue weighted by Crippen LogP contribution is -1.97. The van der Waals surface area contributed by atoms with Crippen molar-refractivity contribution >= 4 is 29.2 Å². The zero-order valence-corrected chi connectivity index (χ0v) is 12.2. The molecular formula is C14H12ClN3O4. The van der Waals surface area contributed by atoms with Gasteiger partial charge in [-0.2, -0.15) is 5.10 Å². The normalized spacial score (nSPS) is 10.6. The number of hydrazone groups is 1. The summed E-state index contributed by atoms with van der Waals surface area (Å²) < 4.78 is 4.98. The van der Waals surface area contributed by atoms with Gasteiger partial charge >= 0.3 is 0 Å². The van der Waals surface area contributed by atoms with Crippen LogP contribution >= 0.6 is 11.6 Å². The molecular weight excluding hydrogens is 310 g/mol. The summed E-state index contributed by atoms with van der Waals surface area (Å²) in [6, 6.07) is 8.79. The van der Waals surface area contributed by atoms with Crippen molar-refractivity contribution in [3.63, 3.8) is 0 Å². The van der Waals surface area contributed by atoms with Gasteiger partial charge in [-0.15, -0.1) is 0 Å². The summed E-state index contributed by atoms with van der Waals surface area (Å²) in [6.45, 7) is 0. The van der Waals surface area contributed by atoms with Crippen molar-refractivity contribution in [2.45, 2.75) is 0 Å². The van der Waals surface area contributed by atoms with Gasteiger partial charge in [0.2, 0.25) is 0 Å². The number of rotatable bonds is 5. The monoisotopic (exact) mass is 321 g/mol. The Balaban J connectivity index is 2.19. The van der Waals surface area contributed by atoms with Gasteiger partial charge in [0.15, 0.2) is 11.5 Å². The number of nitrogens with one attached hydrogen (secondary N) is 1. The van der Waals surface area contributed by atoms with E-state index in [1.807, 2.05) is 0 Å². The van der Waals surface area contributed by atoms with E-state index >= 15 is 0 Å². The van der Waals surface area contributed by atoms with Gasteiger partial charge in [-0.3, -0.25) is 15.5 Å². The first-order valence-corrected chi connectivity index (χ1v) is 6.49. The molecule has 7 nitrogen and oxygen atoms in total. The van der Waals surface area contributed by atoms with Gasteiger partial charge in [-0.1, -0.05) is 11.6 Å². The highest BCUT2D eigenvalue weighted by Crippen LogP contribution is 2.28. The van der Waals surface area contributed by atoms with Crippen LogP contribution in [0.15, 0.2) is 41.5 Å². The van der Waals surface area contributed by atoms with Crippen LogP contribution in [0.25, 0.3) is 0 Å². The Hall–Kier alpha value is -2.80. The summed E-state index contributed by atoms with van der Waals surface area (Å²) in [4.78, 5) is 10.4. The molecule has 22 heavy (non-hydrogen) atoms. The van der Waals surface area contributed by atoms with E-state index in [0.717, 1.165) is 0 Å². The Morgan fingerprint density at radius 2 is 2.14 bits per heavy atom. The summed E-state index contributed by atoms with van der Waals surface area (Å²) in [6.07, 6.45) is 1.44. The number of anilines is 1. The van der Waals surface area contributed by atoms with Crippen LogP contribution in [0.4, 0.5) is 11.4 Å². The van der Waals surface area contributed by atoms with Gasteiger partial charge in [-0.25, -0.2) is 0 Å². The fourth-order valence-electron chi connectivity index (χ4n) is 1.71. The van der Waals surface area contributed by atoms with Crippen molar-refractivity contribution in [1.29, 1.82) is 0 Å². The van der Waals surface area contributed by atoms with Gasteiger partial charge < -0.3 is 9.84 Å². The second-order valence-electron chi connectivity index (χ2n) is 4.22. The molecule has 0 bridgehead atoms. The summed E-state index contributed by atoms with van der Waals surface area (Å²) in [5, 5.41) is 24.7. The molecule has 0 fully saturated rings. The largest absolute Gasteiger partial charge is 0.504 e. The number of phenols is 1. The molecule has 0 aliphatic rings. The smallest absolute Gasteiger partial charge is 0.294 e. The molecule has 0 saturated carbocycles. The number of methoxy groups -OCH3 is 1. The minimum atomic E-state index is -0.530. The molecule has 0 saturated heterocycles. The predicted octanol–water partition coefficient (Wildman–Crippen LogP) is 3.41. The second-order valence-corrected chi connectivity index (χ2v) is 4.66. The summed E-state index contributed by atoms with van der Waals surface area (Å²) in [5.74, 6) is 0.316. The van der Waals surface area contributed by atoms with Crippen molar-refractivity contribution < 1.29 is 14.8 Å². The number of nitro groups is 1. The van der Waals surface area contributed by atoms with Gasteiger partial charge in [0.05, 0.1) is 18.2 Å². The van der Waals surface area contributed by atoms with Crippen molar-refractivity contribution in [1.82, 2.24) is 0 Å². The maximum absolute atomic E-state index is 10.9. The van der Waals surface area contributed by atoms with E-state index in [1.165, 1.54) is 37.6 Å². The molecule has 2 aromatic rings. The minimum Gasteiger partial charge on any atom is -0.504 e. The van der Waals surface area contributed by atoms with Crippen LogP contribution in [0.1, 0.15) is 5.56 Å². The van der Waals surface area contributed by atoms with Crippen LogP contribution in [-0.4, -0.2) is 23.4 Å². The Bertz CT molecular complexity index is 734. The maximum atomic E-state index is 10.9. The van der Waals surface area contributed by atoms with Gasteiger partial charge in [0.1, 0.15) is 5.69 Å². The summed E-state index contributed by atoms with van der Waals surface area (Å²) >= 11 is 5.82. The number of hydrogen-bond acceptors (Lipinski definition) is 6. The third-order valence-electron chi connectivity index (χ3n) is 2.76. The Kier molecular flexibility index (Phi) is 4.80. The average molecular weight is 322 g/mol. The molecule has 2 aromatic carbocycles. The fourth-order valence-corrected chi connectivity index (χ4v) is 1.88. The van der Waals surface area contributed by atoms with E-state index < -0.39 is 4.92 Å². The lowest BCUT2D eigenvalue weighted by Gasteiger charge is -2.04. The first-order chi connectivity index (χ1) is 10.5. The van der Waals surface area contributed by atoms with Crippen LogP contribution < -0.4 is 10.2 Å². The molecule has 114 valence electrons. The predicted molar refractivity (Wildman–Crippen MR) is 84.0 cm³/mol. The molecule has 0 heterocycles. The lowest BCUT2D eigenvalue weighted by molar-refractivity contribution is -0.384. The van der Waals surface area contributed by atoms with Crippen LogP contribution in [0.5, 0.6) is 11.5 Å². The molecule has 0 radical (unpaired) electrons. The highest BCUT2D eigenvalue weighted by atomic mass is 35.5. The summed E-state index contributed by atoms with van der Waals surface area (Å²) in [5.41, 5.74) is 3.27. The van der Waals surface area contributed by atoms with Crippen molar-refractivity contribution in [2.24, 2.45) is 5.10 Å². The van der Waals surface area contributed by atoms with Gasteiger partial charge in [-0.05, 0) is 35.9 Å². The number of nitro benzene ring substituents is 1. The molecule has 0 spiro atoms. The number of ether oxygens (including phenoxy) is 1. The van der Waals surface area contributed by atoms with Crippen LogP contribution in [0.2, 0.25) is 5.02 Å². The molecule has 0 amide bonds. The number of hydrogen-bond donors (Lipinski definition) is 2. The number of phenolic OH excluding ortho intramolecular Hbond substituents is 1. The van der Waals surface area contributed by atoms with Crippen molar-refractivity contribution in [2.75, 3.05) is 12.5 Å². The second kappa shape index (κ2) is 6.77. The number of aromatic hydroxyl groups is 1. The zero-order valence-electron chi connectivity index (χ0n) is 11.5. The highest BCUT2D eigenvalue weighted by molar-refractivity contribution is 6.31. The maximum Gasteiger partial charge on any atom is 0.294 e. The van der Waals surface area contributed by atoms with E-state index in [2.05, 4.69) is 10.5 Å². The number of benzene rings is 2. The number of nitrogens with zero attached hydrogens (tertiary/aromatic N) is 2. The molecule has 0 unspecified atom stereocenters. The standard InChI is InChI=1S/C14H12ClN3O4/c1-22-14-6-9(2-5-13(14)19)8-16-17-11-7-10(15)3-4-12(11)18(20)21/h2-8,17,19H,1H3. The SMILES string of the molecule is COc1cc(C=NNc2cc(Cl)ccc2[N+](=O)[O-])ccc1O. The van der Waals surface area contributed by atoms with E-state index in [9.17, 15) is 15.2 Å². The van der Waals surface area contributed by atoms with Crippen molar-refractivity contribution in [3.8, 4) is 11.5 Å². The number of halogens is 1. The molecule has 0 aliphatic carbocycles. The van der Waals surface area contributed by atoms with Crippen molar-refractivity contribution in [3.05, 3.63) is 57.1 Å². The summed E-state index contributed by atoms with van der Waals surface area (Å²) in [7, 11) is 1.43. The first kappa shape index (κ1) is 15.6. The molecule has 0 aliphatic heterocycles. The average Bonchev–Trinajstić information content (AvgIpc) is 2.48. The first-order valence-electron chi connectivity index (χ1n) is 6.11. The van der Waals surface area contributed by atoms with Crippen LogP contribution in [-0.2, 0) is 0 Å². The molecule has 2 N–H and O–H groups in total. The van der Waals surface area contributed by atoms with Gasteiger partial charge in [0, 0.05) is 11.1 Å². The van der Waals surface area contributed by atoms with E-state index in [4.69, 9.17) is 16.3 Å². The molecule has 8 heteroatoms. The van der Waals surface area contributed by atoms with E-state index in [0.29, 0.717) is 16.3 Å². The highest BCUT2D eigenvalue weighted by Gasteiger charge is 2.13. The molecule has 2 rings (SSSR count). The quantitative estimate of drug-likeness (QED) is 0.499. The topological polar surface area (TPSA) is 97.0 Å². The third-order valence-corrected chi connectivity index (χ3v) is 2.99. The van der Waals surface area contributed by atoms with Gasteiger partial charge in [0.25, 0.3) is 5.69 Å².